The number of aromatic amines is 1. The van der Waals surface area contributed by atoms with Crippen molar-refractivity contribution >= 4 is 33.3 Å². The molecule has 0 aliphatic carbocycles. The summed E-state index contributed by atoms with van der Waals surface area (Å²) < 4.78 is 0. The van der Waals surface area contributed by atoms with Gasteiger partial charge in [0.2, 0.25) is 5.91 Å². The van der Waals surface area contributed by atoms with E-state index >= 15 is 0 Å². The van der Waals surface area contributed by atoms with Crippen molar-refractivity contribution in [1.29, 1.82) is 0 Å². The minimum absolute atomic E-state index is 0.284. The molecule has 0 spiro atoms. The minimum atomic E-state index is 0.284. The molecule has 0 bridgehead atoms. The number of carbonyl (C=O) groups excluding carboxylic acids is 1. The van der Waals surface area contributed by atoms with E-state index in [2.05, 4.69) is 44.6 Å². The lowest BCUT2D eigenvalue weighted by Gasteiger charge is -2.21. The van der Waals surface area contributed by atoms with Crippen LogP contribution in [0.25, 0.3) is 10.9 Å². The van der Waals surface area contributed by atoms with E-state index in [9.17, 15) is 4.79 Å². The molecule has 1 aliphatic heterocycles. The molecule has 27 heavy (non-hydrogen) atoms. The second kappa shape index (κ2) is 8.13. The number of amides is 1. The SMILES string of the molecule is Cc1csc(N2CCCN(C(=O)CCCc3c[nH]c4ccccc34)CC2)n1. The van der Waals surface area contributed by atoms with Gasteiger partial charge in [0.25, 0.3) is 0 Å². The zero-order valence-electron chi connectivity index (χ0n) is 15.8. The molecule has 0 radical (unpaired) electrons. The van der Waals surface area contributed by atoms with Crippen LogP contribution < -0.4 is 4.90 Å². The van der Waals surface area contributed by atoms with E-state index in [1.165, 1.54) is 16.5 Å². The van der Waals surface area contributed by atoms with Gasteiger partial charge in [0.15, 0.2) is 5.13 Å². The van der Waals surface area contributed by atoms with Gasteiger partial charge in [-0.05, 0) is 37.8 Å². The number of rotatable bonds is 5. The molecule has 1 fully saturated rings. The molecule has 0 atom stereocenters. The molecule has 1 aliphatic rings. The number of aromatic nitrogens is 2. The third kappa shape index (κ3) is 4.16. The molecule has 0 saturated carbocycles. The Morgan fingerprint density at radius 2 is 2.11 bits per heavy atom. The average molecular weight is 383 g/mol. The number of hydrogen-bond acceptors (Lipinski definition) is 4. The van der Waals surface area contributed by atoms with Crippen molar-refractivity contribution in [3.05, 3.63) is 47.1 Å². The Morgan fingerprint density at radius 1 is 1.22 bits per heavy atom. The molecule has 1 N–H and O–H groups in total. The molecule has 1 aromatic carbocycles. The first-order valence-corrected chi connectivity index (χ1v) is 10.6. The number of H-pyrrole nitrogens is 1. The van der Waals surface area contributed by atoms with Crippen LogP contribution in [0.3, 0.4) is 0 Å². The maximum Gasteiger partial charge on any atom is 0.222 e. The van der Waals surface area contributed by atoms with Gasteiger partial charge in [0.05, 0.1) is 5.69 Å². The molecular weight excluding hydrogens is 356 g/mol. The van der Waals surface area contributed by atoms with Crippen molar-refractivity contribution in [3.8, 4) is 0 Å². The molecule has 3 heterocycles. The summed E-state index contributed by atoms with van der Waals surface area (Å²) in [5.41, 5.74) is 3.55. The third-order valence-electron chi connectivity index (χ3n) is 5.24. The molecule has 142 valence electrons. The van der Waals surface area contributed by atoms with E-state index in [0.29, 0.717) is 6.42 Å². The zero-order valence-corrected chi connectivity index (χ0v) is 16.6. The molecule has 3 aromatic rings. The van der Waals surface area contributed by atoms with Crippen LogP contribution in [0.5, 0.6) is 0 Å². The number of thiazole rings is 1. The van der Waals surface area contributed by atoms with Crippen LogP contribution in [-0.4, -0.2) is 47.0 Å². The second-order valence-corrected chi connectivity index (χ2v) is 8.04. The Bertz CT molecular complexity index is 916. The maximum absolute atomic E-state index is 12.7. The first kappa shape index (κ1) is 18.0. The Balaban J connectivity index is 1.28. The highest BCUT2D eigenvalue weighted by molar-refractivity contribution is 7.13. The van der Waals surface area contributed by atoms with E-state index in [-0.39, 0.29) is 5.91 Å². The van der Waals surface area contributed by atoms with Gasteiger partial charge < -0.3 is 14.8 Å². The summed E-state index contributed by atoms with van der Waals surface area (Å²) in [4.78, 5) is 24.9. The monoisotopic (exact) mass is 382 g/mol. The van der Waals surface area contributed by atoms with E-state index in [1.807, 2.05) is 17.9 Å². The Hall–Kier alpha value is -2.34. The molecule has 1 amide bonds. The number of para-hydroxylation sites is 1. The predicted molar refractivity (Wildman–Crippen MR) is 111 cm³/mol. The molecule has 0 unspecified atom stereocenters. The molecule has 4 rings (SSSR count). The summed E-state index contributed by atoms with van der Waals surface area (Å²) >= 11 is 1.70. The number of nitrogens with one attached hydrogen (secondary N) is 1. The highest BCUT2D eigenvalue weighted by atomic mass is 32.1. The van der Waals surface area contributed by atoms with Crippen molar-refractivity contribution in [1.82, 2.24) is 14.9 Å². The van der Waals surface area contributed by atoms with Gasteiger partial charge in [-0.2, -0.15) is 0 Å². The summed E-state index contributed by atoms with van der Waals surface area (Å²) in [6.07, 6.45) is 5.54. The summed E-state index contributed by atoms with van der Waals surface area (Å²) in [6, 6.07) is 8.35. The number of aryl methyl sites for hydroxylation is 2. The van der Waals surface area contributed by atoms with Crippen molar-refractivity contribution in [3.63, 3.8) is 0 Å². The van der Waals surface area contributed by atoms with Crippen LogP contribution in [-0.2, 0) is 11.2 Å². The van der Waals surface area contributed by atoms with Crippen molar-refractivity contribution in [2.24, 2.45) is 0 Å². The number of anilines is 1. The third-order valence-corrected chi connectivity index (χ3v) is 6.26. The number of hydrogen-bond donors (Lipinski definition) is 1. The molecule has 1 saturated heterocycles. The van der Waals surface area contributed by atoms with Crippen molar-refractivity contribution < 1.29 is 4.79 Å². The Kier molecular flexibility index (Phi) is 5.43. The minimum Gasteiger partial charge on any atom is -0.361 e. The van der Waals surface area contributed by atoms with Crippen LogP contribution >= 0.6 is 11.3 Å². The topological polar surface area (TPSA) is 52.2 Å². The summed E-state index contributed by atoms with van der Waals surface area (Å²) in [5.74, 6) is 0.284. The van der Waals surface area contributed by atoms with Gasteiger partial charge in [-0.3, -0.25) is 4.79 Å². The van der Waals surface area contributed by atoms with E-state index < -0.39 is 0 Å². The maximum atomic E-state index is 12.7. The number of nitrogens with zero attached hydrogens (tertiary/aromatic N) is 3. The first-order valence-electron chi connectivity index (χ1n) is 9.70. The number of benzene rings is 1. The molecule has 2 aromatic heterocycles. The fourth-order valence-electron chi connectivity index (χ4n) is 3.77. The van der Waals surface area contributed by atoms with Crippen LogP contribution in [0.4, 0.5) is 5.13 Å². The van der Waals surface area contributed by atoms with Crippen LogP contribution in [0, 0.1) is 6.92 Å². The summed E-state index contributed by atoms with van der Waals surface area (Å²) in [7, 11) is 0. The fourth-order valence-corrected chi connectivity index (χ4v) is 4.63. The van der Waals surface area contributed by atoms with Crippen molar-refractivity contribution in [2.75, 3.05) is 31.1 Å². The van der Waals surface area contributed by atoms with E-state index in [4.69, 9.17) is 0 Å². The number of fused-ring (bicyclic) bond motifs is 1. The lowest BCUT2D eigenvalue weighted by atomic mass is 10.1. The summed E-state index contributed by atoms with van der Waals surface area (Å²) in [5, 5.41) is 4.45. The van der Waals surface area contributed by atoms with Gasteiger partial charge in [-0.1, -0.05) is 18.2 Å². The Morgan fingerprint density at radius 3 is 2.96 bits per heavy atom. The quantitative estimate of drug-likeness (QED) is 0.726. The average Bonchev–Trinajstić information content (AvgIpc) is 3.20. The highest BCUT2D eigenvalue weighted by Crippen LogP contribution is 2.22. The van der Waals surface area contributed by atoms with Crippen molar-refractivity contribution in [2.45, 2.75) is 32.6 Å². The standard InChI is InChI=1S/C21H26N4OS/c1-16-15-27-21(23-16)25-11-5-10-24(12-13-25)20(26)9-4-6-17-14-22-19-8-3-2-7-18(17)19/h2-3,7-8,14-15,22H,4-6,9-13H2,1H3. The van der Waals surface area contributed by atoms with E-state index in [1.54, 1.807) is 11.3 Å². The fraction of sp³-hybridized carbons (Fsp3) is 0.429. The predicted octanol–water partition coefficient (Wildman–Crippen LogP) is 3.99. The van der Waals surface area contributed by atoms with Gasteiger partial charge >= 0.3 is 0 Å². The first-order chi connectivity index (χ1) is 13.2. The van der Waals surface area contributed by atoms with Gasteiger partial charge in [-0.15, -0.1) is 11.3 Å². The normalized spacial score (nSPS) is 15.3. The summed E-state index contributed by atoms with van der Waals surface area (Å²) in [6.45, 7) is 5.53. The van der Waals surface area contributed by atoms with Gasteiger partial charge in [0.1, 0.15) is 0 Å². The zero-order chi connectivity index (χ0) is 18.6. The lowest BCUT2D eigenvalue weighted by Crippen LogP contribution is -2.35. The van der Waals surface area contributed by atoms with Crippen LogP contribution in [0.15, 0.2) is 35.8 Å². The lowest BCUT2D eigenvalue weighted by molar-refractivity contribution is -0.131. The highest BCUT2D eigenvalue weighted by Gasteiger charge is 2.20. The largest absolute Gasteiger partial charge is 0.361 e. The van der Waals surface area contributed by atoms with Crippen LogP contribution in [0.1, 0.15) is 30.5 Å². The smallest absolute Gasteiger partial charge is 0.222 e. The molecule has 6 heteroatoms. The molecular formula is C21H26N4OS. The van der Waals surface area contributed by atoms with E-state index in [0.717, 1.165) is 56.3 Å². The van der Waals surface area contributed by atoms with Gasteiger partial charge in [0, 0.05) is 55.1 Å². The number of carbonyl (C=O) groups is 1. The molecule has 5 nitrogen and oxygen atoms in total. The van der Waals surface area contributed by atoms with Crippen LogP contribution in [0.2, 0.25) is 0 Å². The Labute approximate surface area is 164 Å². The van der Waals surface area contributed by atoms with Gasteiger partial charge in [-0.25, -0.2) is 4.98 Å². The second-order valence-electron chi connectivity index (χ2n) is 7.21.